The van der Waals surface area contributed by atoms with Crippen molar-refractivity contribution in [3.8, 4) is 11.8 Å². The zero-order valence-electron chi connectivity index (χ0n) is 8.17. The van der Waals surface area contributed by atoms with Gasteiger partial charge in [0, 0.05) is 12.5 Å². The molecule has 0 atom stereocenters. The van der Waals surface area contributed by atoms with E-state index in [2.05, 4.69) is 16.8 Å². The third-order valence-electron chi connectivity index (χ3n) is 1.79. The lowest BCUT2D eigenvalue weighted by atomic mass is 10.4. The molecule has 0 aromatic carbocycles. The van der Waals surface area contributed by atoms with Crippen LogP contribution in [0.25, 0.3) is 0 Å². The Balaban J connectivity index is 3.23. The topological polar surface area (TPSA) is 34.9 Å². The van der Waals surface area contributed by atoms with E-state index >= 15 is 0 Å². The predicted molar refractivity (Wildman–Crippen MR) is 56.3 cm³/mol. The van der Waals surface area contributed by atoms with E-state index in [0.29, 0.717) is 18.8 Å². The van der Waals surface area contributed by atoms with Crippen LogP contribution in [0.5, 0.6) is 0 Å². The number of rotatable bonds is 2. The van der Waals surface area contributed by atoms with E-state index in [0.717, 1.165) is 0 Å². The van der Waals surface area contributed by atoms with Crippen LogP contribution in [0.1, 0.15) is 19.7 Å². The molecule has 0 saturated heterocycles. The zero-order chi connectivity index (χ0) is 10.6. The lowest BCUT2D eigenvalue weighted by Crippen LogP contribution is -2.23. The quantitative estimate of drug-likeness (QED) is 0.548. The molecule has 0 saturated carbocycles. The second-order valence-electron chi connectivity index (χ2n) is 2.70. The van der Waals surface area contributed by atoms with Crippen LogP contribution in [0.4, 0.5) is 0 Å². The van der Waals surface area contributed by atoms with Crippen LogP contribution in [-0.2, 0) is 13.0 Å². The second kappa shape index (κ2) is 4.83. The molecule has 1 rings (SSSR count). The summed E-state index contributed by atoms with van der Waals surface area (Å²) in [5, 5.41) is 0.243. The van der Waals surface area contributed by atoms with Crippen LogP contribution in [0.3, 0.4) is 0 Å². The number of hydrogen-bond acceptors (Lipinski definition) is 2. The van der Waals surface area contributed by atoms with Crippen LogP contribution in [0.15, 0.2) is 10.9 Å². The normalized spacial score (nSPS) is 9.36. The fourth-order valence-corrected chi connectivity index (χ4v) is 1.31. The third-order valence-corrected chi connectivity index (χ3v) is 1.98. The zero-order valence-corrected chi connectivity index (χ0v) is 8.93. The molecule has 3 nitrogen and oxygen atoms in total. The van der Waals surface area contributed by atoms with Gasteiger partial charge in [0.2, 0.25) is 0 Å². The predicted octanol–water partition coefficient (Wildman–Crippen LogP) is 1.48. The Morgan fingerprint density at radius 3 is 2.93 bits per heavy atom. The van der Waals surface area contributed by atoms with Crippen molar-refractivity contribution < 1.29 is 0 Å². The molecule has 0 amide bonds. The van der Waals surface area contributed by atoms with Crippen molar-refractivity contribution in [3.05, 3.63) is 27.4 Å². The van der Waals surface area contributed by atoms with Gasteiger partial charge in [-0.3, -0.25) is 9.36 Å². The van der Waals surface area contributed by atoms with Gasteiger partial charge in [0.1, 0.15) is 11.0 Å². The average Bonchev–Trinajstić information content (AvgIpc) is 2.15. The molecule has 4 heteroatoms. The molecule has 1 heterocycles. The molecule has 0 aliphatic carbocycles. The summed E-state index contributed by atoms with van der Waals surface area (Å²) in [6.07, 6.45) is 0.668. The van der Waals surface area contributed by atoms with E-state index in [4.69, 9.17) is 11.6 Å². The highest BCUT2D eigenvalue weighted by Gasteiger charge is 2.04. The maximum Gasteiger partial charge on any atom is 0.255 e. The summed E-state index contributed by atoms with van der Waals surface area (Å²) in [5.74, 6) is 6.24. The Morgan fingerprint density at radius 1 is 1.64 bits per heavy atom. The molecule has 1 aromatic rings. The molecule has 0 N–H and O–H groups in total. The van der Waals surface area contributed by atoms with Crippen LogP contribution >= 0.6 is 11.6 Å². The molecule has 0 radical (unpaired) electrons. The molecule has 0 unspecified atom stereocenters. The summed E-state index contributed by atoms with van der Waals surface area (Å²) in [6.45, 7) is 4.04. The SMILES string of the molecule is CC#CCn1c(CC)nc(Cl)cc1=O. The number of hydrogen-bond donors (Lipinski definition) is 0. The van der Waals surface area contributed by atoms with E-state index in [1.54, 1.807) is 6.92 Å². The van der Waals surface area contributed by atoms with Gasteiger partial charge in [-0.2, -0.15) is 0 Å². The maximum atomic E-state index is 11.5. The van der Waals surface area contributed by atoms with Crippen molar-refractivity contribution in [2.45, 2.75) is 26.8 Å². The molecular formula is C10H11ClN2O. The van der Waals surface area contributed by atoms with Gasteiger partial charge in [-0.1, -0.05) is 24.4 Å². The Labute approximate surface area is 87.7 Å². The molecule has 0 fully saturated rings. The lowest BCUT2D eigenvalue weighted by Gasteiger charge is -2.06. The van der Waals surface area contributed by atoms with E-state index in [1.807, 2.05) is 6.92 Å². The van der Waals surface area contributed by atoms with Crippen LogP contribution < -0.4 is 5.56 Å². The van der Waals surface area contributed by atoms with Gasteiger partial charge in [-0.05, 0) is 6.92 Å². The fraction of sp³-hybridized carbons (Fsp3) is 0.400. The minimum Gasteiger partial charge on any atom is -0.285 e. The first-order chi connectivity index (χ1) is 6.69. The van der Waals surface area contributed by atoms with Gasteiger partial charge in [0.25, 0.3) is 5.56 Å². The first kappa shape index (κ1) is 10.8. The van der Waals surface area contributed by atoms with Crippen molar-refractivity contribution in [1.29, 1.82) is 0 Å². The van der Waals surface area contributed by atoms with Crippen molar-refractivity contribution in [3.63, 3.8) is 0 Å². The number of aryl methyl sites for hydroxylation is 1. The Bertz CT molecular complexity index is 440. The smallest absolute Gasteiger partial charge is 0.255 e. The third kappa shape index (κ3) is 2.36. The standard InChI is InChI=1S/C10H11ClN2O/c1-3-5-6-13-9(4-2)12-8(11)7-10(13)14/h7H,4,6H2,1-2H3. The Kier molecular flexibility index (Phi) is 3.73. The molecular weight excluding hydrogens is 200 g/mol. The summed E-state index contributed by atoms with van der Waals surface area (Å²) in [6, 6.07) is 1.30. The van der Waals surface area contributed by atoms with Gasteiger partial charge in [0.05, 0.1) is 6.54 Å². The van der Waals surface area contributed by atoms with E-state index in [1.165, 1.54) is 10.6 Å². The van der Waals surface area contributed by atoms with Gasteiger partial charge >= 0.3 is 0 Å². The highest BCUT2D eigenvalue weighted by Crippen LogP contribution is 2.02. The van der Waals surface area contributed by atoms with Crippen molar-refractivity contribution in [2.24, 2.45) is 0 Å². The number of aromatic nitrogens is 2. The van der Waals surface area contributed by atoms with E-state index < -0.39 is 0 Å². The summed E-state index contributed by atoms with van der Waals surface area (Å²) in [7, 11) is 0. The van der Waals surface area contributed by atoms with Gasteiger partial charge < -0.3 is 0 Å². The maximum absolute atomic E-state index is 11.5. The van der Waals surface area contributed by atoms with Crippen LogP contribution in [0.2, 0.25) is 5.15 Å². The first-order valence-corrected chi connectivity index (χ1v) is 4.72. The highest BCUT2D eigenvalue weighted by molar-refractivity contribution is 6.29. The highest BCUT2D eigenvalue weighted by atomic mass is 35.5. The molecule has 0 spiro atoms. The minimum atomic E-state index is -0.149. The first-order valence-electron chi connectivity index (χ1n) is 4.35. The van der Waals surface area contributed by atoms with Gasteiger partial charge in [-0.15, -0.1) is 5.92 Å². The summed E-state index contributed by atoms with van der Waals surface area (Å²) < 4.78 is 1.53. The molecule has 74 valence electrons. The monoisotopic (exact) mass is 210 g/mol. The fourth-order valence-electron chi connectivity index (χ4n) is 1.12. The van der Waals surface area contributed by atoms with Crippen molar-refractivity contribution in [2.75, 3.05) is 0 Å². The summed E-state index contributed by atoms with van der Waals surface area (Å²) in [5.41, 5.74) is -0.149. The minimum absolute atomic E-state index is 0.149. The Hall–Kier alpha value is -1.27. The van der Waals surface area contributed by atoms with E-state index in [9.17, 15) is 4.79 Å². The van der Waals surface area contributed by atoms with Gasteiger partial charge in [0.15, 0.2) is 0 Å². The summed E-state index contributed by atoms with van der Waals surface area (Å²) >= 11 is 5.67. The van der Waals surface area contributed by atoms with Crippen LogP contribution in [0, 0.1) is 11.8 Å². The largest absolute Gasteiger partial charge is 0.285 e. The summed E-state index contributed by atoms with van der Waals surface area (Å²) in [4.78, 5) is 15.6. The number of halogens is 1. The second-order valence-corrected chi connectivity index (χ2v) is 3.09. The van der Waals surface area contributed by atoms with Crippen molar-refractivity contribution >= 4 is 11.6 Å². The molecule has 1 aromatic heterocycles. The van der Waals surface area contributed by atoms with E-state index in [-0.39, 0.29) is 10.7 Å². The molecule has 0 aliphatic heterocycles. The lowest BCUT2D eigenvalue weighted by molar-refractivity contribution is 0.697. The average molecular weight is 211 g/mol. The molecule has 14 heavy (non-hydrogen) atoms. The Morgan fingerprint density at radius 2 is 2.36 bits per heavy atom. The molecule has 0 aliphatic rings. The van der Waals surface area contributed by atoms with Gasteiger partial charge in [-0.25, -0.2) is 4.98 Å². The molecule has 0 bridgehead atoms. The van der Waals surface area contributed by atoms with Crippen LogP contribution in [-0.4, -0.2) is 9.55 Å². The number of nitrogens with zero attached hydrogens (tertiary/aromatic N) is 2. The van der Waals surface area contributed by atoms with Crippen molar-refractivity contribution in [1.82, 2.24) is 9.55 Å².